The van der Waals surface area contributed by atoms with Crippen molar-refractivity contribution in [2.24, 2.45) is 0 Å². The van der Waals surface area contributed by atoms with Crippen LogP contribution in [-0.4, -0.2) is 11.2 Å². The highest BCUT2D eigenvalue weighted by Gasteiger charge is 2.12. The van der Waals surface area contributed by atoms with Crippen molar-refractivity contribution < 1.29 is 9.32 Å². The van der Waals surface area contributed by atoms with Gasteiger partial charge in [-0.15, -0.1) is 0 Å². The molecule has 2 aromatic rings. The van der Waals surface area contributed by atoms with Crippen molar-refractivity contribution in [3.63, 3.8) is 0 Å². The fourth-order valence-corrected chi connectivity index (χ4v) is 1.84. The lowest BCUT2D eigenvalue weighted by atomic mass is 10.2. The number of carbonyl (C=O) groups excluding carboxylic acids is 1. The molecule has 0 unspecified atom stereocenters. The van der Waals surface area contributed by atoms with Gasteiger partial charge in [0.1, 0.15) is 11.4 Å². The second kappa shape index (κ2) is 5.75. The number of hydrogen-bond acceptors (Lipinski definition) is 3. The Labute approximate surface area is 115 Å². The summed E-state index contributed by atoms with van der Waals surface area (Å²) in [4.78, 5) is 11.8. The number of benzene rings is 1. The molecular formula is C13H14ClN3O2. The summed E-state index contributed by atoms with van der Waals surface area (Å²) in [6.45, 7) is 3.86. The molecule has 0 spiro atoms. The van der Waals surface area contributed by atoms with E-state index < -0.39 is 0 Å². The Morgan fingerprint density at radius 3 is 2.74 bits per heavy atom. The van der Waals surface area contributed by atoms with Crippen LogP contribution in [0.3, 0.4) is 0 Å². The normalized spacial score (nSPS) is 10.3. The Balaban J connectivity index is 1.94. The Kier molecular flexibility index (Phi) is 4.06. The maximum absolute atomic E-state index is 11.8. The summed E-state index contributed by atoms with van der Waals surface area (Å²) in [6.07, 6.45) is 0. The number of nitrogens with zero attached hydrogens (tertiary/aromatic N) is 1. The molecule has 2 rings (SSSR count). The predicted molar refractivity (Wildman–Crippen MR) is 73.3 cm³/mol. The average Bonchev–Trinajstić information content (AvgIpc) is 2.70. The minimum atomic E-state index is -0.325. The van der Waals surface area contributed by atoms with Crippen molar-refractivity contribution in [2.75, 3.05) is 5.32 Å². The molecule has 1 aromatic heterocycles. The first-order valence-electron chi connectivity index (χ1n) is 5.79. The number of anilines is 1. The molecule has 0 aliphatic rings. The second-order valence-electron chi connectivity index (χ2n) is 4.10. The van der Waals surface area contributed by atoms with Crippen molar-refractivity contribution >= 4 is 23.3 Å². The highest BCUT2D eigenvalue weighted by Crippen LogP contribution is 2.18. The molecule has 0 radical (unpaired) electrons. The number of amides is 2. The Morgan fingerprint density at radius 2 is 2.11 bits per heavy atom. The van der Waals surface area contributed by atoms with Gasteiger partial charge in [-0.1, -0.05) is 35.0 Å². The topological polar surface area (TPSA) is 67.2 Å². The van der Waals surface area contributed by atoms with Gasteiger partial charge >= 0.3 is 6.03 Å². The van der Waals surface area contributed by atoms with Crippen LogP contribution in [0.4, 0.5) is 10.5 Å². The fraction of sp³-hybridized carbons (Fsp3) is 0.231. The third-order valence-corrected chi connectivity index (χ3v) is 3.04. The van der Waals surface area contributed by atoms with E-state index in [4.69, 9.17) is 16.1 Å². The van der Waals surface area contributed by atoms with Gasteiger partial charge in [0.15, 0.2) is 5.76 Å². The number of urea groups is 1. The van der Waals surface area contributed by atoms with Gasteiger partial charge in [-0.3, -0.25) is 0 Å². The lowest BCUT2D eigenvalue weighted by molar-refractivity contribution is 0.251. The van der Waals surface area contributed by atoms with Crippen LogP contribution >= 0.6 is 11.6 Å². The van der Waals surface area contributed by atoms with Gasteiger partial charge < -0.3 is 15.2 Å². The van der Waals surface area contributed by atoms with Crippen LogP contribution in [0.5, 0.6) is 0 Å². The Hall–Kier alpha value is -2.01. The fourth-order valence-electron chi connectivity index (χ4n) is 1.64. The monoisotopic (exact) mass is 279 g/mol. The minimum Gasteiger partial charge on any atom is -0.359 e. The van der Waals surface area contributed by atoms with E-state index in [0.717, 1.165) is 5.56 Å². The molecule has 2 amide bonds. The third-order valence-electron chi connectivity index (χ3n) is 2.67. The molecule has 1 heterocycles. The van der Waals surface area contributed by atoms with Crippen molar-refractivity contribution in [1.29, 1.82) is 0 Å². The van der Waals surface area contributed by atoms with E-state index in [2.05, 4.69) is 15.8 Å². The summed E-state index contributed by atoms with van der Waals surface area (Å²) < 4.78 is 4.96. The first-order chi connectivity index (χ1) is 9.08. The molecule has 0 saturated heterocycles. The van der Waals surface area contributed by atoms with Crippen molar-refractivity contribution in [1.82, 2.24) is 10.5 Å². The van der Waals surface area contributed by atoms with Crippen molar-refractivity contribution in [2.45, 2.75) is 20.4 Å². The van der Waals surface area contributed by atoms with Crippen LogP contribution in [0.25, 0.3) is 0 Å². The van der Waals surface area contributed by atoms with Gasteiger partial charge in [0, 0.05) is 11.6 Å². The highest BCUT2D eigenvalue weighted by molar-refractivity contribution is 6.31. The van der Waals surface area contributed by atoms with Crippen LogP contribution < -0.4 is 10.6 Å². The van der Waals surface area contributed by atoms with E-state index >= 15 is 0 Å². The quantitative estimate of drug-likeness (QED) is 0.906. The average molecular weight is 280 g/mol. The van der Waals surface area contributed by atoms with Gasteiger partial charge in [0.05, 0.1) is 0 Å². The summed E-state index contributed by atoms with van der Waals surface area (Å²) in [5, 5.41) is 9.82. The van der Waals surface area contributed by atoms with Crippen LogP contribution in [0.2, 0.25) is 5.02 Å². The number of aromatic nitrogens is 1. The predicted octanol–water partition coefficient (Wildman–Crippen LogP) is 3.27. The van der Waals surface area contributed by atoms with Crippen molar-refractivity contribution in [3.05, 3.63) is 46.3 Å². The minimum absolute atomic E-state index is 0.325. The molecule has 0 aliphatic heterocycles. The molecule has 0 saturated carbocycles. The number of nitrogens with one attached hydrogen (secondary N) is 2. The van der Waals surface area contributed by atoms with Gasteiger partial charge in [0.2, 0.25) is 0 Å². The first kappa shape index (κ1) is 13.4. The van der Waals surface area contributed by atoms with Gasteiger partial charge in [-0.25, -0.2) is 4.79 Å². The van der Waals surface area contributed by atoms with E-state index in [1.165, 1.54) is 0 Å². The zero-order valence-corrected chi connectivity index (χ0v) is 11.4. The molecule has 0 aliphatic carbocycles. The van der Waals surface area contributed by atoms with E-state index in [1.807, 2.05) is 18.2 Å². The number of halogens is 1. The van der Waals surface area contributed by atoms with Crippen molar-refractivity contribution in [3.8, 4) is 0 Å². The lowest BCUT2D eigenvalue weighted by Gasteiger charge is -2.08. The third kappa shape index (κ3) is 3.26. The van der Waals surface area contributed by atoms with Crippen LogP contribution in [0.1, 0.15) is 17.0 Å². The molecular weight excluding hydrogens is 266 g/mol. The van der Waals surface area contributed by atoms with E-state index in [0.29, 0.717) is 28.7 Å². The Bertz CT molecular complexity index is 576. The summed E-state index contributed by atoms with van der Waals surface area (Å²) >= 11 is 6.00. The number of aryl methyl sites for hydroxylation is 2. The SMILES string of the molecule is Cc1noc(C)c1NC(=O)NCc1ccccc1Cl. The van der Waals surface area contributed by atoms with Gasteiger partial charge in [-0.05, 0) is 25.5 Å². The lowest BCUT2D eigenvalue weighted by Crippen LogP contribution is -2.28. The standard InChI is InChI=1S/C13H14ClN3O2/c1-8-12(9(2)19-17-8)16-13(18)15-7-10-5-3-4-6-11(10)14/h3-6H,7H2,1-2H3,(H2,15,16,18). The molecule has 100 valence electrons. The van der Waals surface area contributed by atoms with Crippen LogP contribution in [0.15, 0.2) is 28.8 Å². The van der Waals surface area contributed by atoms with E-state index in [1.54, 1.807) is 19.9 Å². The van der Waals surface area contributed by atoms with Crippen LogP contribution in [0, 0.1) is 13.8 Å². The molecule has 0 bridgehead atoms. The second-order valence-corrected chi connectivity index (χ2v) is 4.51. The van der Waals surface area contributed by atoms with Crippen LogP contribution in [-0.2, 0) is 6.54 Å². The smallest absolute Gasteiger partial charge is 0.319 e. The molecule has 1 aromatic carbocycles. The molecule has 0 atom stereocenters. The summed E-state index contributed by atoms with van der Waals surface area (Å²) in [7, 11) is 0. The zero-order valence-electron chi connectivity index (χ0n) is 10.7. The molecule has 19 heavy (non-hydrogen) atoms. The largest absolute Gasteiger partial charge is 0.359 e. The van der Waals surface area contributed by atoms with E-state index in [9.17, 15) is 4.79 Å². The van der Waals surface area contributed by atoms with E-state index in [-0.39, 0.29) is 6.03 Å². The molecule has 6 heteroatoms. The first-order valence-corrected chi connectivity index (χ1v) is 6.17. The summed E-state index contributed by atoms with van der Waals surface area (Å²) in [5.41, 5.74) is 2.10. The number of carbonyl (C=O) groups is 1. The maximum atomic E-state index is 11.8. The summed E-state index contributed by atoms with van der Waals surface area (Å²) in [5.74, 6) is 0.574. The maximum Gasteiger partial charge on any atom is 0.319 e. The molecule has 2 N–H and O–H groups in total. The Morgan fingerprint density at radius 1 is 1.37 bits per heavy atom. The number of hydrogen-bond donors (Lipinski definition) is 2. The summed E-state index contributed by atoms with van der Waals surface area (Å²) in [6, 6.07) is 7.03. The number of rotatable bonds is 3. The zero-order chi connectivity index (χ0) is 13.8. The highest BCUT2D eigenvalue weighted by atomic mass is 35.5. The van der Waals surface area contributed by atoms with Gasteiger partial charge in [-0.2, -0.15) is 0 Å². The molecule has 5 nitrogen and oxygen atoms in total. The van der Waals surface area contributed by atoms with Gasteiger partial charge in [0.25, 0.3) is 0 Å². The molecule has 0 fully saturated rings.